The summed E-state index contributed by atoms with van der Waals surface area (Å²) < 4.78 is 0. The highest BCUT2D eigenvalue weighted by Crippen LogP contribution is 2.08. The van der Waals surface area contributed by atoms with Crippen LogP contribution in [0.4, 0.5) is 0 Å². The molecule has 94 valence electrons. The molecule has 4 heteroatoms. The van der Waals surface area contributed by atoms with Crippen molar-refractivity contribution in [2.45, 2.75) is 53.0 Å². The van der Waals surface area contributed by atoms with Gasteiger partial charge in [0.15, 0.2) is 0 Å². The van der Waals surface area contributed by atoms with E-state index in [0.717, 1.165) is 6.42 Å². The topological polar surface area (TPSA) is 66.4 Å². The van der Waals surface area contributed by atoms with E-state index < -0.39 is 12.0 Å². The smallest absolute Gasteiger partial charge is 0.326 e. The number of carboxylic acids is 1. The van der Waals surface area contributed by atoms with E-state index >= 15 is 0 Å². The summed E-state index contributed by atoms with van der Waals surface area (Å²) in [7, 11) is 0. The van der Waals surface area contributed by atoms with Crippen molar-refractivity contribution in [3.05, 3.63) is 0 Å². The molecule has 0 saturated heterocycles. The highest BCUT2D eigenvalue weighted by atomic mass is 16.4. The summed E-state index contributed by atoms with van der Waals surface area (Å²) in [5, 5.41) is 11.5. The van der Waals surface area contributed by atoms with Crippen LogP contribution in [0.5, 0.6) is 0 Å². The zero-order chi connectivity index (χ0) is 12.7. The van der Waals surface area contributed by atoms with Crippen molar-refractivity contribution in [1.82, 2.24) is 5.32 Å². The third-order valence-electron chi connectivity index (χ3n) is 2.26. The Bertz CT molecular complexity index is 236. The Morgan fingerprint density at radius 3 is 2.00 bits per heavy atom. The fourth-order valence-corrected chi connectivity index (χ4v) is 1.38. The monoisotopic (exact) mass is 229 g/mol. The van der Waals surface area contributed by atoms with Gasteiger partial charge in [0.2, 0.25) is 5.91 Å². The molecule has 4 nitrogen and oxygen atoms in total. The van der Waals surface area contributed by atoms with E-state index in [9.17, 15) is 9.59 Å². The molecule has 0 rings (SSSR count). The summed E-state index contributed by atoms with van der Waals surface area (Å²) in [6.45, 7) is 7.94. The van der Waals surface area contributed by atoms with Crippen LogP contribution in [0.2, 0.25) is 0 Å². The number of carbonyl (C=O) groups excluding carboxylic acids is 1. The van der Waals surface area contributed by atoms with Gasteiger partial charge < -0.3 is 10.4 Å². The number of carbonyl (C=O) groups is 2. The van der Waals surface area contributed by atoms with E-state index in [0.29, 0.717) is 18.8 Å². The number of carboxylic acid groups (broad SMARTS) is 1. The van der Waals surface area contributed by atoms with Crippen molar-refractivity contribution >= 4 is 11.9 Å². The summed E-state index contributed by atoms with van der Waals surface area (Å²) >= 11 is 0. The predicted molar refractivity (Wildman–Crippen MR) is 63.1 cm³/mol. The Morgan fingerprint density at radius 2 is 1.62 bits per heavy atom. The molecule has 2 N–H and O–H groups in total. The first-order chi connectivity index (χ1) is 7.32. The molecule has 0 aromatic heterocycles. The third kappa shape index (κ3) is 7.26. The number of hydrogen-bond donors (Lipinski definition) is 2. The van der Waals surface area contributed by atoms with E-state index in [1.165, 1.54) is 0 Å². The van der Waals surface area contributed by atoms with Crippen molar-refractivity contribution in [3.8, 4) is 0 Å². The van der Waals surface area contributed by atoms with Gasteiger partial charge in [-0.2, -0.15) is 0 Å². The van der Waals surface area contributed by atoms with Gasteiger partial charge in [-0.15, -0.1) is 0 Å². The number of nitrogens with one attached hydrogen (secondary N) is 1. The predicted octanol–water partition coefficient (Wildman–Crippen LogP) is 2.04. The molecule has 0 bridgehead atoms. The van der Waals surface area contributed by atoms with Gasteiger partial charge in [-0.25, -0.2) is 4.79 Å². The van der Waals surface area contributed by atoms with E-state index in [2.05, 4.69) is 5.32 Å². The van der Waals surface area contributed by atoms with Gasteiger partial charge in [0.25, 0.3) is 0 Å². The quantitative estimate of drug-likeness (QED) is 0.702. The highest BCUT2D eigenvalue weighted by Gasteiger charge is 2.20. The maximum Gasteiger partial charge on any atom is 0.326 e. The average Bonchev–Trinajstić information content (AvgIpc) is 2.09. The zero-order valence-corrected chi connectivity index (χ0v) is 10.6. The molecule has 0 radical (unpaired) electrons. The second-order valence-electron chi connectivity index (χ2n) is 5.03. The number of amides is 1. The van der Waals surface area contributed by atoms with Gasteiger partial charge in [0.05, 0.1) is 0 Å². The summed E-state index contributed by atoms with van der Waals surface area (Å²) in [4.78, 5) is 22.4. The number of rotatable bonds is 7. The second kappa shape index (κ2) is 7.25. The largest absolute Gasteiger partial charge is 0.480 e. The first kappa shape index (κ1) is 14.9. The molecule has 0 heterocycles. The lowest BCUT2D eigenvalue weighted by Gasteiger charge is -2.16. The van der Waals surface area contributed by atoms with Crippen LogP contribution in [0.3, 0.4) is 0 Å². The first-order valence-corrected chi connectivity index (χ1v) is 5.85. The molecule has 1 unspecified atom stereocenters. The maximum atomic E-state index is 11.4. The fourth-order valence-electron chi connectivity index (χ4n) is 1.38. The number of aliphatic carboxylic acids is 1. The Balaban J connectivity index is 4.12. The van der Waals surface area contributed by atoms with Crippen molar-refractivity contribution < 1.29 is 14.7 Å². The molecule has 0 aliphatic rings. The van der Waals surface area contributed by atoms with Gasteiger partial charge in [-0.1, -0.05) is 27.7 Å². The normalized spacial score (nSPS) is 12.9. The van der Waals surface area contributed by atoms with Crippen LogP contribution in [-0.4, -0.2) is 23.0 Å². The van der Waals surface area contributed by atoms with Gasteiger partial charge >= 0.3 is 5.97 Å². The van der Waals surface area contributed by atoms with Crippen LogP contribution in [0.1, 0.15) is 47.0 Å². The van der Waals surface area contributed by atoms with E-state index in [-0.39, 0.29) is 11.8 Å². The van der Waals surface area contributed by atoms with E-state index in [1.807, 2.05) is 27.7 Å². The molecule has 0 aliphatic carbocycles. The van der Waals surface area contributed by atoms with Crippen molar-refractivity contribution in [2.24, 2.45) is 11.8 Å². The Hall–Kier alpha value is -1.06. The minimum atomic E-state index is -0.947. The standard InChI is InChI=1S/C12H23NO3/c1-8(2)5-6-10(12(15)16)13-11(14)7-9(3)4/h8-10H,5-7H2,1-4H3,(H,13,14)(H,15,16). The average molecular weight is 229 g/mol. The Labute approximate surface area is 97.4 Å². The molecule has 0 aromatic carbocycles. The van der Waals surface area contributed by atoms with Crippen molar-refractivity contribution in [3.63, 3.8) is 0 Å². The highest BCUT2D eigenvalue weighted by molar-refractivity contribution is 5.83. The van der Waals surface area contributed by atoms with Crippen LogP contribution in [0.25, 0.3) is 0 Å². The van der Waals surface area contributed by atoms with Crippen molar-refractivity contribution in [1.29, 1.82) is 0 Å². The van der Waals surface area contributed by atoms with E-state index in [1.54, 1.807) is 0 Å². The van der Waals surface area contributed by atoms with Gasteiger partial charge in [0, 0.05) is 6.42 Å². The van der Waals surface area contributed by atoms with Gasteiger partial charge in [-0.3, -0.25) is 4.79 Å². The van der Waals surface area contributed by atoms with Crippen molar-refractivity contribution in [2.75, 3.05) is 0 Å². The van der Waals surface area contributed by atoms with Crippen LogP contribution in [0.15, 0.2) is 0 Å². The molecular formula is C12H23NO3. The summed E-state index contributed by atoms with van der Waals surface area (Å²) in [6.07, 6.45) is 1.68. The minimum absolute atomic E-state index is 0.175. The lowest BCUT2D eigenvalue weighted by molar-refractivity contribution is -0.142. The summed E-state index contributed by atoms with van der Waals surface area (Å²) in [5.41, 5.74) is 0. The van der Waals surface area contributed by atoms with E-state index in [4.69, 9.17) is 5.11 Å². The van der Waals surface area contributed by atoms with Gasteiger partial charge in [0.1, 0.15) is 6.04 Å². The second-order valence-corrected chi connectivity index (χ2v) is 5.03. The molecule has 0 aromatic rings. The molecule has 0 aliphatic heterocycles. The van der Waals surface area contributed by atoms with Crippen LogP contribution >= 0.6 is 0 Å². The lowest BCUT2D eigenvalue weighted by Crippen LogP contribution is -2.41. The molecule has 0 fully saturated rings. The van der Waals surface area contributed by atoms with Crippen LogP contribution < -0.4 is 5.32 Å². The van der Waals surface area contributed by atoms with Crippen LogP contribution in [-0.2, 0) is 9.59 Å². The molecule has 1 atom stereocenters. The molecule has 16 heavy (non-hydrogen) atoms. The lowest BCUT2D eigenvalue weighted by atomic mass is 10.0. The molecule has 0 saturated carbocycles. The van der Waals surface area contributed by atoms with Crippen LogP contribution in [0, 0.1) is 11.8 Å². The third-order valence-corrected chi connectivity index (χ3v) is 2.26. The molecular weight excluding hydrogens is 206 g/mol. The first-order valence-electron chi connectivity index (χ1n) is 5.85. The molecule has 0 spiro atoms. The summed E-state index contributed by atoms with van der Waals surface area (Å²) in [5.74, 6) is -0.424. The fraction of sp³-hybridized carbons (Fsp3) is 0.833. The maximum absolute atomic E-state index is 11.4. The Kier molecular flexibility index (Phi) is 6.77. The molecule has 1 amide bonds. The Morgan fingerprint density at radius 1 is 1.06 bits per heavy atom. The summed E-state index contributed by atoms with van der Waals surface area (Å²) in [6, 6.07) is -0.742. The number of hydrogen-bond acceptors (Lipinski definition) is 2. The van der Waals surface area contributed by atoms with Gasteiger partial charge in [-0.05, 0) is 24.7 Å². The minimum Gasteiger partial charge on any atom is -0.480 e. The zero-order valence-electron chi connectivity index (χ0n) is 10.6. The SMILES string of the molecule is CC(C)CCC(NC(=O)CC(C)C)C(=O)O.